The molecule has 26 heavy (non-hydrogen) atoms. The molecule has 0 saturated heterocycles. The molecule has 2 amide bonds. The van der Waals surface area contributed by atoms with Crippen LogP contribution >= 0.6 is 0 Å². The normalized spacial score (nSPS) is 10.3. The molecule has 2 aromatic rings. The maximum atomic E-state index is 11.8. The molecule has 2 aromatic carbocycles. The highest BCUT2D eigenvalue weighted by Gasteiger charge is 2.13. The van der Waals surface area contributed by atoms with Crippen molar-refractivity contribution in [3.63, 3.8) is 0 Å². The lowest BCUT2D eigenvalue weighted by Gasteiger charge is -2.06. The molecule has 0 aliphatic rings. The van der Waals surface area contributed by atoms with E-state index in [-0.39, 0.29) is 5.69 Å². The number of ether oxygens (including phenoxy) is 1. The minimum atomic E-state index is -0.972. The van der Waals surface area contributed by atoms with E-state index in [9.17, 15) is 19.7 Å². The summed E-state index contributed by atoms with van der Waals surface area (Å²) in [7, 11) is 0. The molecule has 0 heterocycles. The lowest BCUT2D eigenvalue weighted by molar-refractivity contribution is -0.384. The summed E-state index contributed by atoms with van der Waals surface area (Å²) < 4.78 is 5.28. The van der Waals surface area contributed by atoms with Gasteiger partial charge in [0.2, 0.25) is 0 Å². The molecule has 0 fully saturated rings. The van der Waals surface area contributed by atoms with Crippen LogP contribution in [0.15, 0.2) is 53.6 Å². The number of carbonyl (C=O) groups excluding carboxylic acids is 2. The van der Waals surface area contributed by atoms with E-state index in [0.29, 0.717) is 23.6 Å². The van der Waals surface area contributed by atoms with Gasteiger partial charge in [-0.2, -0.15) is 5.10 Å². The molecule has 0 radical (unpaired) electrons. The Morgan fingerprint density at radius 3 is 2.58 bits per heavy atom. The van der Waals surface area contributed by atoms with Crippen molar-refractivity contribution >= 4 is 29.4 Å². The fourth-order valence-electron chi connectivity index (χ4n) is 1.92. The van der Waals surface area contributed by atoms with Crippen molar-refractivity contribution in [3.8, 4) is 5.75 Å². The third-order valence-electron chi connectivity index (χ3n) is 3.09. The first kappa shape index (κ1) is 18.6. The van der Waals surface area contributed by atoms with Crippen LogP contribution in [0.25, 0.3) is 0 Å². The summed E-state index contributed by atoms with van der Waals surface area (Å²) in [6, 6.07) is 12.2. The number of benzene rings is 2. The summed E-state index contributed by atoms with van der Waals surface area (Å²) in [5.74, 6) is -1.22. The van der Waals surface area contributed by atoms with Crippen LogP contribution in [-0.2, 0) is 9.59 Å². The van der Waals surface area contributed by atoms with Crippen molar-refractivity contribution in [2.24, 2.45) is 5.10 Å². The lowest BCUT2D eigenvalue weighted by atomic mass is 10.2. The molecule has 0 aliphatic carbocycles. The zero-order valence-electron chi connectivity index (χ0n) is 13.8. The maximum absolute atomic E-state index is 11.8. The molecule has 9 heteroatoms. The highest BCUT2D eigenvalue weighted by atomic mass is 16.6. The van der Waals surface area contributed by atoms with E-state index >= 15 is 0 Å². The Morgan fingerprint density at radius 1 is 1.19 bits per heavy atom. The fraction of sp³-hybridized carbons (Fsp3) is 0.118. The Labute approximate surface area is 148 Å². The highest BCUT2D eigenvalue weighted by molar-refractivity contribution is 6.39. The number of rotatable bonds is 6. The average molecular weight is 356 g/mol. The first-order chi connectivity index (χ1) is 12.5. The second kappa shape index (κ2) is 8.92. The van der Waals surface area contributed by atoms with Crippen molar-refractivity contribution in [2.45, 2.75) is 6.92 Å². The molecular formula is C17H16N4O5. The van der Waals surface area contributed by atoms with Gasteiger partial charge in [-0.1, -0.05) is 12.1 Å². The molecule has 0 aliphatic heterocycles. The van der Waals surface area contributed by atoms with Crippen LogP contribution in [0, 0.1) is 10.1 Å². The second-order valence-corrected chi connectivity index (χ2v) is 4.96. The van der Waals surface area contributed by atoms with Gasteiger partial charge in [-0.3, -0.25) is 19.7 Å². The minimum absolute atomic E-state index is 0.103. The molecule has 0 bridgehead atoms. The summed E-state index contributed by atoms with van der Waals surface area (Å²) in [5.41, 5.74) is 2.79. The van der Waals surface area contributed by atoms with Crippen molar-refractivity contribution < 1.29 is 19.2 Å². The topological polar surface area (TPSA) is 123 Å². The van der Waals surface area contributed by atoms with Crippen LogP contribution in [-0.4, -0.2) is 29.6 Å². The van der Waals surface area contributed by atoms with E-state index in [1.54, 1.807) is 30.3 Å². The summed E-state index contributed by atoms with van der Waals surface area (Å²) in [6.45, 7) is 2.38. The fourth-order valence-corrected chi connectivity index (χ4v) is 1.92. The van der Waals surface area contributed by atoms with Crippen molar-refractivity contribution in [3.05, 3.63) is 64.2 Å². The number of hydrogen-bond donors (Lipinski definition) is 2. The molecular weight excluding hydrogens is 340 g/mol. The van der Waals surface area contributed by atoms with Gasteiger partial charge in [0.05, 0.1) is 17.7 Å². The molecule has 0 aromatic heterocycles. The number of nitro groups is 1. The summed E-state index contributed by atoms with van der Waals surface area (Å²) in [5, 5.41) is 16.7. The predicted octanol–water partition coefficient (Wildman–Crippen LogP) is 2.08. The molecule has 0 atom stereocenters. The third-order valence-corrected chi connectivity index (χ3v) is 3.09. The Kier molecular flexibility index (Phi) is 6.38. The summed E-state index contributed by atoms with van der Waals surface area (Å²) in [4.78, 5) is 33.6. The molecule has 2 N–H and O–H groups in total. The number of hydrazone groups is 1. The number of anilines is 1. The molecule has 9 nitrogen and oxygen atoms in total. The molecule has 0 saturated carbocycles. The molecule has 0 unspecified atom stereocenters. The summed E-state index contributed by atoms with van der Waals surface area (Å²) in [6.07, 6.45) is 1.20. The second-order valence-electron chi connectivity index (χ2n) is 4.96. The predicted molar refractivity (Wildman–Crippen MR) is 95.1 cm³/mol. The van der Waals surface area contributed by atoms with Gasteiger partial charge in [-0.25, -0.2) is 5.43 Å². The number of amides is 2. The van der Waals surface area contributed by atoms with Crippen LogP contribution in [0.4, 0.5) is 11.4 Å². The number of nitrogens with one attached hydrogen (secondary N) is 2. The van der Waals surface area contributed by atoms with Crippen molar-refractivity contribution in [1.82, 2.24) is 5.43 Å². The van der Waals surface area contributed by atoms with E-state index in [1.807, 2.05) is 6.92 Å². The Bertz CT molecular complexity index is 833. The Morgan fingerprint density at radius 2 is 1.92 bits per heavy atom. The van der Waals surface area contributed by atoms with Gasteiger partial charge in [0.25, 0.3) is 5.69 Å². The van der Waals surface area contributed by atoms with Gasteiger partial charge in [-0.05, 0) is 31.2 Å². The summed E-state index contributed by atoms with van der Waals surface area (Å²) >= 11 is 0. The zero-order chi connectivity index (χ0) is 18.9. The monoisotopic (exact) mass is 356 g/mol. The van der Waals surface area contributed by atoms with E-state index in [4.69, 9.17) is 4.74 Å². The van der Waals surface area contributed by atoms with Crippen LogP contribution in [0.5, 0.6) is 5.75 Å². The van der Waals surface area contributed by atoms with E-state index in [0.717, 1.165) is 0 Å². The van der Waals surface area contributed by atoms with Gasteiger partial charge in [0, 0.05) is 23.4 Å². The Balaban J connectivity index is 1.89. The minimum Gasteiger partial charge on any atom is -0.494 e. The Hall–Kier alpha value is -3.75. The molecule has 2 rings (SSSR count). The SMILES string of the molecule is CCOc1ccc(NC(=O)C(=O)NN=Cc2cccc([N+](=O)[O-])c2)cc1. The van der Waals surface area contributed by atoms with Gasteiger partial charge in [0.15, 0.2) is 0 Å². The standard InChI is InChI=1S/C17H16N4O5/c1-2-26-15-8-6-13(7-9-15)19-16(22)17(23)20-18-11-12-4-3-5-14(10-12)21(24)25/h3-11H,2H2,1H3,(H,19,22)(H,20,23). The number of nitrogens with zero attached hydrogens (tertiary/aromatic N) is 2. The average Bonchev–Trinajstić information content (AvgIpc) is 2.63. The van der Waals surface area contributed by atoms with Crippen molar-refractivity contribution in [1.29, 1.82) is 0 Å². The number of non-ortho nitro benzene ring substituents is 1. The van der Waals surface area contributed by atoms with Crippen LogP contribution in [0.2, 0.25) is 0 Å². The van der Waals surface area contributed by atoms with Gasteiger partial charge in [0.1, 0.15) is 5.75 Å². The van der Waals surface area contributed by atoms with Crippen LogP contribution in [0.1, 0.15) is 12.5 Å². The smallest absolute Gasteiger partial charge is 0.329 e. The largest absolute Gasteiger partial charge is 0.494 e. The van der Waals surface area contributed by atoms with Gasteiger partial charge in [-0.15, -0.1) is 0 Å². The number of hydrogen-bond acceptors (Lipinski definition) is 6. The van der Waals surface area contributed by atoms with E-state index < -0.39 is 16.7 Å². The van der Waals surface area contributed by atoms with Crippen molar-refractivity contribution in [2.75, 3.05) is 11.9 Å². The van der Waals surface area contributed by atoms with Gasteiger partial charge >= 0.3 is 11.8 Å². The highest BCUT2D eigenvalue weighted by Crippen LogP contribution is 2.15. The van der Waals surface area contributed by atoms with Crippen LogP contribution in [0.3, 0.4) is 0 Å². The lowest BCUT2D eigenvalue weighted by Crippen LogP contribution is -2.32. The molecule has 134 valence electrons. The van der Waals surface area contributed by atoms with Gasteiger partial charge < -0.3 is 10.1 Å². The van der Waals surface area contributed by atoms with Crippen LogP contribution < -0.4 is 15.5 Å². The molecule has 0 spiro atoms. The zero-order valence-corrected chi connectivity index (χ0v) is 13.8. The number of nitro benzene ring substituents is 1. The first-order valence-corrected chi connectivity index (χ1v) is 7.61. The number of carbonyl (C=O) groups is 2. The quantitative estimate of drug-likeness (QED) is 0.355. The first-order valence-electron chi connectivity index (χ1n) is 7.61. The van der Waals surface area contributed by atoms with E-state index in [2.05, 4.69) is 15.8 Å². The van der Waals surface area contributed by atoms with E-state index in [1.165, 1.54) is 24.4 Å². The third kappa shape index (κ3) is 5.41. The maximum Gasteiger partial charge on any atom is 0.329 e.